The molecule has 1 atom stereocenters. The van der Waals surface area contributed by atoms with E-state index in [0.29, 0.717) is 24.4 Å². The highest BCUT2D eigenvalue weighted by molar-refractivity contribution is 7.80. The first-order valence-corrected chi connectivity index (χ1v) is 11.0. The first-order valence-electron chi connectivity index (χ1n) is 10.3. The number of carbonyl (C=O) groups excluding carboxylic acids is 1. The molecule has 3 aromatic rings. The maximum absolute atomic E-state index is 13.1. The Hall–Kier alpha value is -3.06. The molecule has 0 saturated heterocycles. The van der Waals surface area contributed by atoms with Gasteiger partial charge in [-0.1, -0.05) is 55.8 Å². The highest BCUT2D eigenvalue weighted by Crippen LogP contribution is 2.13. The summed E-state index contributed by atoms with van der Waals surface area (Å²) in [7, 11) is 0. The van der Waals surface area contributed by atoms with Crippen LogP contribution in [0.1, 0.15) is 51.0 Å². The molecular formula is C24H27N3O3S. The van der Waals surface area contributed by atoms with Crippen molar-refractivity contribution < 1.29 is 14.7 Å². The van der Waals surface area contributed by atoms with Gasteiger partial charge in [0.2, 0.25) is 0 Å². The number of hydrogen-bond acceptors (Lipinski definition) is 4. The summed E-state index contributed by atoms with van der Waals surface area (Å²) in [6.45, 7) is 2.46. The predicted molar refractivity (Wildman–Crippen MR) is 124 cm³/mol. The molecule has 6 nitrogen and oxygen atoms in total. The van der Waals surface area contributed by atoms with Gasteiger partial charge in [-0.25, -0.2) is 4.79 Å². The minimum Gasteiger partial charge on any atom is -0.478 e. The molecule has 31 heavy (non-hydrogen) atoms. The molecule has 1 unspecified atom stereocenters. The standard InChI is InChI=1S/C24H27N3O3S/c1-2-6-20-14-22(23(28)25-21(16-31)13-17-7-4-3-5-8-17)27(26-20)15-18-9-11-19(12-10-18)24(29)30/h3-5,7-12,14,21,31H,2,6,13,15-16H2,1H3,(H,25,28)(H,29,30). The third-order valence-electron chi connectivity index (χ3n) is 4.98. The molecule has 3 rings (SSSR count). The number of carboxylic acid groups (broad SMARTS) is 1. The molecule has 1 heterocycles. The lowest BCUT2D eigenvalue weighted by Gasteiger charge is -2.17. The highest BCUT2D eigenvalue weighted by Gasteiger charge is 2.19. The highest BCUT2D eigenvalue weighted by atomic mass is 32.1. The van der Waals surface area contributed by atoms with Crippen molar-refractivity contribution >= 4 is 24.5 Å². The van der Waals surface area contributed by atoms with Crippen molar-refractivity contribution in [3.8, 4) is 0 Å². The number of thiol groups is 1. The Kier molecular flexibility index (Phi) is 7.89. The van der Waals surface area contributed by atoms with Crippen LogP contribution in [-0.4, -0.2) is 38.6 Å². The first kappa shape index (κ1) is 22.6. The number of carboxylic acids is 1. The van der Waals surface area contributed by atoms with E-state index in [9.17, 15) is 9.59 Å². The van der Waals surface area contributed by atoms with Gasteiger partial charge in [0.15, 0.2) is 0 Å². The van der Waals surface area contributed by atoms with Gasteiger partial charge in [0.25, 0.3) is 5.91 Å². The number of aromatic nitrogens is 2. The lowest BCUT2D eigenvalue weighted by Crippen LogP contribution is -2.38. The molecule has 0 fully saturated rings. The van der Waals surface area contributed by atoms with Crippen LogP contribution in [0.5, 0.6) is 0 Å². The molecule has 0 aliphatic rings. The molecule has 1 aromatic heterocycles. The number of nitrogens with one attached hydrogen (secondary N) is 1. The van der Waals surface area contributed by atoms with Crippen LogP contribution in [0, 0.1) is 0 Å². The summed E-state index contributed by atoms with van der Waals surface area (Å²) in [6.07, 6.45) is 2.41. The molecule has 2 N–H and O–H groups in total. The summed E-state index contributed by atoms with van der Waals surface area (Å²) in [6, 6.07) is 18.3. The van der Waals surface area contributed by atoms with Crippen LogP contribution in [0.3, 0.4) is 0 Å². The van der Waals surface area contributed by atoms with Crippen molar-refractivity contribution in [3.63, 3.8) is 0 Å². The summed E-state index contributed by atoms with van der Waals surface area (Å²) >= 11 is 4.42. The van der Waals surface area contributed by atoms with E-state index in [0.717, 1.165) is 29.7 Å². The van der Waals surface area contributed by atoms with Crippen LogP contribution >= 0.6 is 12.6 Å². The third kappa shape index (κ3) is 6.21. The van der Waals surface area contributed by atoms with E-state index in [1.54, 1.807) is 28.9 Å². The quantitative estimate of drug-likeness (QED) is 0.421. The number of carbonyl (C=O) groups is 2. The summed E-state index contributed by atoms with van der Waals surface area (Å²) in [5, 5.41) is 16.8. The SMILES string of the molecule is CCCc1cc(C(=O)NC(CS)Cc2ccccc2)n(Cc2ccc(C(=O)O)cc2)n1. The molecule has 1 amide bonds. The summed E-state index contributed by atoms with van der Waals surface area (Å²) in [5.74, 6) is -0.633. The molecule has 0 aliphatic heterocycles. The Morgan fingerprint density at radius 2 is 1.81 bits per heavy atom. The smallest absolute Gasteiger partial charge is 0.335 e. The van der Waals surface area contributed by atoms with E-state index in [4.69, 9.17) is 5.11 Å². The van der Waals surface area contributed by atoms with Crippen LogP contribution in [0.4, 0.5) is 0 Å². The molecule has 0 aliphatic carbocycles. The van der Waals surface area contributed by atoms with Crippen molar-refractivity contribution in [1.82, 2.24) is 15.1 Å². The summed E-state index contributed by atoms with van der Waals surface area (Å²) in [4.78, 5) is 24.2. The molecule has 7 heteroatoms. The lowest BCUT2D eigenvalue weighted by molar-refractivity contribution is 0.0696. The van der Waals surface area contributed by atoms with Gasteiger partial charge in [-0.3, -0.25) is 9.48 Å². The van der Waals surface area contributed by atoms with Crippen LogP contribution in [0.15, 0.2) is 60.7 Å². The molecule has 2 aromatic carbocycles. The largest absolute Gasteiger partial charge is 0.478 e. The fourth-order valence-electron chi connectivity index (χ4n) is 3.40. The number of aryl methyl sites for hydroxylation is 1. The van der Waals surface area contributed by atoms with E-state index in [1.807, 2.05) is 36.4 Å². The van der Waals surface area contributed by atoms with E-state index in [1.165, 1.54) is 0 Å². The fraction of sp³-hybridized carbons (Fsp3) is 0.292. The first-order chi connectivity index (χ1) is 15.0. The zero-order valence-electron chi connectivity index (χ0n) is 17.5. The Bertz CT molecular complexity index is 1020. The zero-order chi connectivity index (χ0) is 22.2. The van der Waals surface area contributed by atoms with Crippen LogP contribution in [0.2, 0.25) is 0 Å². The Labute approximate surface area is 187 Å². The van der Waals surface area contributed by atoms with Gasteiger partial charge in [0.1, 0.15) is 5.69 Å². The molecule has 162 valence electrons. The van der Waals surface area contributed by atoms with E-state index in [-0.39, 0.29) is 17.5 Å². The molecule has 0 radical (unpaired) electrons. The second kappa shape index (κ2) is 10.8. The summed E-state index contributed by atoms with van der Waals surface area (Å²) in [5.41, 5.74) is 3.60. The molecular weight excluding hydrogens is 410 g/mol. The number of nitrogens with zero attached hydrogens (tertiary/aromatic N) is 2. The number of benzene rings is 2. The summed E-state index contributed by atoms with van der Waals surface area (Å²) < 4.78 is 1.69. The predicted octanol–water partition coefficient (Wildman–Crippen LogP) is 3.85. The van der Waals surface area contributed by atoms with Gasteiger partial charge in [0, 0.05) is 11.8 Å². The van der Waals surface area contributed by atoms with Gasteiger partial charge >= 0.3 is 5.97 Å². The minimum atomic E-state index is -0.966. The van der Waals surface area contributed by atoms with Crippen LogP contribution < -0.4 is 5.32 Å². The Morgan fingerprint density at radius 3 is 2.42 bits per heavy atom. The van der Waals surface area contributed by atoms with E-state index >= 15 is 0 Å². The second-order valence-electron chi connectivity index (χ2n) is 7.47. The molecule has 0 spiro atoms. The van der Waals surface area contributed by atoms with Gasteiger partial charge in [-0.05, 0) is 42.2 Å². The minimum absolute atomic E-state index is 0.106. The van der Waals surface area contributed by atoms with E-state index in [2.05, 4.69) is 30.0 Å². The maximum Gasteiger partial charge on any atom is 0.335 e. The van der Waals surface area contributed by atoms with Crippen LogP contribution in [-0.2, 0) is 19.4 Å². The van der Waals surface area contributed by atoms with Crippen molar-refractivity contribution in [2.24, 2.45) is 0 Å². The molecule has 0 bridgehead atoms. The lowest BCUT2D eigenvalue weighted by atomic mass is 10.1. The van der Waals surface area contributed by atoms with E-state index < -0.39 is 5.97 Å². The number of hydrogen-bond donors (Lipinski definition) is 3. The van der Waals surface area contributed by atoms with Crippen molar-refractivity contribution in [1.29, 1.82) is 0 Å². The molecule has 0 saturated carbocycles. The van der Waals surface area contributed by atoms with Crippen molar-refractivity contribution in [2.75, 3.05) is 5.75 Å². The Balaban J connectivity index is 1.78. The van der Waals surface area contributed by atoms with Gasteiger partial charge in [-0.15, -0.1) is 0 Å². The number of rotatable bonds is 10. The Morgan fingerprint density at radius 1 is 1.10 bits per heavy atom. The zero-order valence-corrected chi connectivity index (χ0v) is 18.4. The van der Waals surface area contributed by atoms with Crippen molar-refractivity contribution in [3.05, 3.63) is 88.7 Å². The van der Waals surface area contributed by atoms with Crippen LogP contribution in [0.25, 0.3) is 0 Å². The second-order valence-corrected chi connectivity index (χ2v) is 7.84. The van der Waals surface area contributed by atoms with Gasteiger partial charge < -0.3 is 10.4 Å². The monoisotopic (exact) mass is 437 g/mol. The number of amides is 1. The topological polar surface area (TPSA) is 84.2 Å². The fourth-order valence-corrected chi connectivity index (χ4v) is 3.62. The number of aromatic carboxylic acids is 1. The van der Waals surface area contributed by atoms with Gasteiger partial charge in [-0.2, -0.15) is 17.7 Å². The average Bonchev–Trinajstić information content (AvgIpc) is 3.17. The average molecular weight is 438 g/mol. The third-order valence-corrected chi connectivity index (χ3v) is 5.42. The normalized spacial score (nSPS) is 11.8. The van der Waals surface area contributed by atoms with Gasteiger partial charge in [0.05, 0.1) is 17.8 Å². The van der Waals surface area contributed by atoms with Crippen molar-refractivity contribution in [2.45, 2.75) is 38.8 Å². The maximum atomic E-state index is 13.1.